The Hall–Kier alpha value is -2.45. The van der Waals surface area contributed by atoms with Crippen LogP contribution in [0.15, 0.2) is 47.4 Å². The van der Waals surface area contributed by atoms with Gasteiger partial charge in [0.05, 0.1) is 33.0 Å². The van der Waals surface area contributed by atoms with Crippen molar-refractivity contribution in [2.24, 2.45) is 0 Å². The SMILES string of the molecule is COc1ccc(S(=O)(=O)CCCC(=O)Nc2ccc3nc(C)sc3c2)cc1. The second-order valence-electron chi connectivity index (χ2n) is 6.06. The minimum Gasteiger partial charge on any atom is -0.497 e. The number of fused-ring (bicyclic) bond motifs is 1. The molecule has 142 valence electrons. The van der Waals surface area contributed by atoms with Crippen LogP contribution >= 0.6 is 11.3 Å². The number of nitrogens with one attached hydrogen (secondary N) is 1. The minimum atomic E-state index is -3.42. The molecule has 1 amide bonds. The molecule has 3 rings (SSSR count). The van der Waals surface area contributed by atoms with E-state index in [0.717, 1.165) is 15.2 Å². The van der Waals surface area contributed by atoms with E-state index in [2.05, 4.69) is 10.3 Å². The lowest BCUT2D eigenvalue weighted by molar-refractivity contribution is -0.116. The van der Waals surface area contributed by atoms with Crippen LogP contribution in [-0.2, 0) is 14.6 Å². The molecular formula is C19H20N2O4S2. The van der Waals surface area contributed by atoms with Crippen LogP contribution in [0.2, 0.25) is 0 Å². The van der Waals surface area contributed by atoms with E-state index in [1.165, 1.54) is 19.2 Å². The number of sulfone groups is 1. The lowest BCUT2D eigenvalue weighted by atomic mass is 10.2. The van der Waals surface area contributed by atoms with Gasteiger partial charge in [-0.2, -0.15) is 0 Å². The Morgan fingerprint density at radius 2 is 1.93 bits per heavy atom. The smallest absolute Gasteiger partial charge is 0.224 e. The summed E-state index contributed by atoms with van der Waals surface area (Å²) < 4.78 is 30.7. The molecule has 0 spiro atoms. The zero-order valence-electron chi connectivity index (χ0n) is 15.1. The molecule has 6 nitrogen and oxygen atoms in total. The van der Waals surface area contributed by atoms with Gasteiger partial charge in [-0.3, -0.25) is 4.79 Å². The van der Waals surface area contributed by atoms with Crippen LogP contribution in [-0.4, -0.2) is 32.2 Å². The van der Waals surface area contributed by atoms with Crippen LogP contribution < -0.4 is 10.1 Å². The average Bonchev–Trinajstić information content (AvgIpc) is 3.01. The van der Waals surface area contributed by atoms with E-state index in [9.17, 15) is 13.2 Å². The summed E-state index contributed by atoms with van der Waals surface area (Å²) >= 11 is 1.56. The van der Waals surface area contributed by atoms with Crippen molar-refractivity contribution in [3.05, 3.63) is 47.5 Å². The molecular weight excluding hydrogens is 384 g/mol. The summed E-state index contributed by atoms with van der Waals surface area (Å²) in [5.41, 5.74) is 1.59. The summed E-state index contributed by atoms with van der Waals surface area (Å²) in [6, 6.07) is 11.8. The van der Waals surface area contributed by atoms with E-state index >= 15 is 0 Å². The van der Waals surface area contributed by atoms with Gasteiger partial charge in [0.15, 0.2) is 9.84 Å². The highest BCUT2D eigenvalue weighted by Crippen LogP contribution is 2.25. The predicted molar refractivity (Wildman–Crippen MR) is 107 cm³/mol. The normalized spacial score (nSPS) is 11.5. The summed E-state index contributed by atoms with van der Waals surface area (Å²) in [6.07, 6.45) is 0.386. The van der Waals surface area contributed by atoms with E-state index < -0.39 is 9.84 Å². The Labute approximate surface area is 162 Å². The fourth-order valence-corrected chi connectivity index (χ4v) is 4.84. The van der Waals surface area contributed by atoms with E-state index in [1.807, 2.05) is 19.1 Å². The molecule has 0 bridgehead atoms. The monoisotopic (exact) mass is 404 g/mol. The van der Waals surface area contributed by atoms with Crippen molar-refractivity contribution in [2.75, 3.05) is 18.2 Å². The Kier molecular flexibility index (Phi) is 5.76. The lowest BCUT2D eigenvalue weighted by Gasteiger charge is -2.07. The van der Waals surface area contributed by atoms with Crippen LogP contribution in [0.1, 0.15) is 17.8 Å². The first kappa shape index (κ1) is 19.3. The molecule has 0 aliphatic rings. The Bertz CT molecular complexity index is 1060. The van der Waals surface area contributed by atoms with Crippen molar-refractivity contribution >= 4 is 43.0 Å². The number of aromatic nitrogens is 1. The number of thiazole rings is 1. The third-order valence-electron chi connectivity index (χ3n) is 4.01. The number of carbonyl (C=O) groups excluding carboxylic acids is 1. The van der Waals surface area contributed by atoms with Crippen LogP contribution in [0.25, 0.3) is 10.2 Å². The Balaban J connectivity index is 1.54. The van der Waals surface area contributed by atoms with Gasteiger partial charge < -0.3 is 10.1 Å². The molecule has 0 fully saturated rings. The van der Waals surface area contributed by atoms with Crippen LogP contribution in [0.4, 0.5) is 5.69 Å². The highest BCUT2D eigenvalue weighted by Gasteiger charge is 2.15. The molecule has 0 aliphatic heterocycles. The number of nitrogens with zero attached hydrogens (tertiary/aromatic N) is 1. The van der Waals surface area contributed by atoms with Crippen LogP contribution in [0.3, 0.4) is 0 Å². The van der Waals surface area contributed by atoms with Crippen molar-refractivity contribution in [1.29, 1.82) is 0 Å². The van der Waals surface area contributed by atoms with Gasteiger partial charge in [0.1, 0.15) is 5.75 Å². The molecule has 1 heterocycles. The van der Waals surface area contributed by atoms with Crippen molar-refractivity contribution in [1.82, 2.24) is 4.98 Å². The van der Waals surface area contributed by atoms with Crippen molar-refractivity contribution < 1.29 is 17.9 Å². The van der Waals surface area contributed by atoms with Gasteiger partial charge in [-0.05, 0) is 55.8 Å². The minimum absolute atomic E-state index is 0.0835. The van der Waals surface area contributed by atoms with Gasteiger partial charge in [0, 0.05) is 12.1 Å². The third-order valence-corrected chi connectivity index (χ3v) is 6.76. The number of amides is 1. The molecule has 0 aliphatic carbocycles. The lowest BCUT2D eigenvalue weighted by Crippen LogP contribution is -2.14. The van der Waals surface area contributed by atoms with Gasteiger partial charge in [0.2, 0.25) is 5.91 Å². The van der Waals surface area contributed by atoms with Crippen molar-refractivity contribution in [3.63, 3.8) is 0 Å². The fourth-order valence-electron chi connectivity index (χ4n) is 2.66. The Morgan fingerprint density at radius 1 is 1.19 bits per heavy atom. The summed E-state index contributed by atoms with van der Waals surface area (Å²) in [5, 5.41) is 3.78. The molecule has 1 aromatic heterocycles. The van der Waals surface area contributed by atoms with Gasteiger partial charge in [0.25, 0.3) is 0 Å². The topological polar surface area (TPSA) is 85.4 Å². The molecule has 0 atom stereocenters. The summed E-state index contributed by atoms with van der Waals surface area (Å²) in [5.74, 6) is 0.307. The van der Waals surface area contributed by atoms with Crippen LogP contribution in [0, 0.1) is 6.92 Å². The first-order valence-corrected chi connectivity index (χ1v) is 10.9. The second kappa shape index (κ2) is 8.06. The highest BCUT2D eigenvalue weighted by molar-refractivity contribution is 7.91. The zero-order chi connectivity index (χ0) is 19.4. The van der Waals surface area contributed by atoms with Crippen molar-refractivity contribution in [2.45, 2.75) is 24.7 Å². The number of aryl methyl sites for hydroxylation is 1. The number of benzene rings is 2. The van der Waals surface area contributed by atoms with Crippen LogP contribution in [0.5, 0.6) is 5.75 Å². The first-order valence-electron chi connectivity index (χ1n) is 8.41. The number of hydrogen-bond acceptors (Lipinski definition) is 6. The molecule has 1 N–H and O–H groups in total. The number of anilines is 1. The molecule has 3 aromatic rings. The Morgan fingerprint density at radius 3 is 2.63 bits per heavy atom. The maximum absolute atomic E-state index is 12.3. The molecule has 27 heavy (non-hydrogen) atoms. The summed E-state index contributed by atoms with van der Waals surface area (Å²) in [4.78, 5) is 16.7. The first-order chi connectivity index (χ1) is 12.9. The van der Waals surface area contributed by atoms with Gasteiger partial charge >= 0.3 is 0 Å². The molecule has 0 radical (unpaired) electrons. The zero-order valence-corrected chi connectivity index (χ0v) is 16.7. The standard InChI is InChI=1S/C19H20N2O4S2/c1-13-20-17-10-5-14(12-18(17)26-13)21-19(22)4-3-11-27(23,24)16-8-6-15(25-2)7-9-16/h5-10,12H,3-4,11H2,1-2H3,(H,21,22). The second-order valence-corrected chi connectivity index (χ2v) is 9.41. The van der Waals surface area contributed by atoms with E-state index in [1.54, 1.807) is 29.5 Å². The molecule has 8 heteroatoms. The summed E-state index contributed by atoms with van der Waals surface area (Å²) in [7, 11) is -1.90. The number of carbonyl (C=O) groups is 1. The van der Waals surface area contributed by atoms with E-state index in [4.69, 9.17) is 4.74 Å². The van der Waals surface area contributed by atoms with Gasteiger partial charge in [-0.15, -0.1) is 11.3 Å². The van der Waals surface area contributed by atoms with Gasteiger partial charge in [-0.1, -0.05) is 0 Å². The van der Waals surface area contributed by atoms with Gasteiger partial charge in [-0.25, -0.2) is 13.4 Å². The summed E-state index contributed by atoms with van der Waals surface area (Å²) in [6.45, 7) is 1.94. The fraction of sp³-hybridized carbons (Fsp3) is 0.263. The molecule has 0 saturated heterocycles. The maximum Gasteiger partial charge on any atom is 0.224 e. The van der Waals surface area contributed by atoms with E-state index in [-0.39, 0.29) is 29.4 Å². The number of rotatable bonds is 7. The number of hydrogen-bond donors (Lipinski definition) is 1. The highest BCUT2D eigenvalue weighted by atomic mass is 32.2. The van der Waals surface area contributed by atoms with Crippen molar-refractivity contribution in [3.8, 4) is 5.75 Å². The molecule has 2 aromatic carbocycles. The third kappa shape index (κ3) is 4.84. The quantitative estimate of drug-likeness (QED) is 0.647. The predicted octanol–water partition coefficient (Wildman–Crippen LogP) is 3.81. The maximum atomic E-state index is 12.3. The average molecular weight is 405 g/mol. The molecule has 0 saturated carbocycles. The molecule has 0 unspecified atom stereocenters. The number of ether oxygens (including phenoxy) is 1. The largest absolute Gasteiger partial charge is 0.497 e. The van der Waals surface area contributed by atoms with E-state index in [0.29, 0.717) is 11.4 Å². The number of methoxy groups -OCH3 is 1.